The summed E-state index contributed by atoms with van der Waals surface area (Å²) in [5.74, 6) is 0. The summed E-state index contributed by atoms with van der Waals surface area (Å²) in [5, 5.41) is 0. The third-order valence-electron chi connectivity index (χ3n) is 1.78. The second-order valence-electron chi connectivity index (χ2n) is 2.95. The van der Waals surface area contributed by atoms with Crippen LogP contribution < -0.4 is 0 Å². The van der Waals surface area contributed by atoms with E-state index in [2.05, 4.69) is 6.92 Å². The smallest absolute Gasteiger partial charge is 0.211 e. The predicted octanol–water partition coefficient (Wildman–Crippen LogP) is 4.00. The van der Waals surface area contributed by atoms with Crippen molar-refractivity contribution in [3.05, 3.63) is 0 Å². The summed E-state index contributed by atoms with van der Waals surface area (Å²) in [7, 11) is 0. The number of rotatable bonds is 7. The number of unbranched alkanes of at least 4 members (excludes halogenated alkanes) is 5. The number of hydrogen-bond acceptors (Lipinski definition) is 0. The highest BCUT2D eigenvalue weighted by Gasteiger charge is 2.00. The molecule has 0 nitrogen and oxygen atoms in total. The lowest BCUT2D eigenvalue weighted by molar-refractivity contribution is 0.133. The quantitative estimate of drug-likeness (QED) is 0.499. The molecule has 0 aromatic rings. The van der Waals surface area contributed by atoms with Crippen LogP contribution in [-0.4, -0.2) is 6.43 Å². The summed E-state index contributed by atoms with van der Waals surface area (Å²) < 4.78 is 23.2. The fourth-order valence-corrected chi connectivity index (χ4v) is 1.08. The van der Waals surface area contributed by atoms with Crippen molar-refractivity contribution in [2.45, 2.75) is 58.3 Å². The van der Waals surface area contributed by atoms with E-state index >= 15 is 0 Å². The Morgan fingerprint density at radius 2 is 1.45 bits per heavy atom. The zero-order chi connectivity index (χ0) is 8.53. The second-order valence-corrected chi connectivity index (χ2v) is 2.95. The van der Waals surface area contributed by atoms with Crippen molar-refractivity contribution in [3.8, 4) is 0 Å². The molecule has 0 heterocycles. The third kappa shape index (κ3) is 9.86. The monoisotopic (exact) mass is 164 g/mol. The minimum absolute atomic E-state index is 0.0894. The molecule has 0 spiro atoms. The summed E-state index contributed by atoms with van der Waals surface area (Å²) >= 11 is 0. The van der Waals surface area contributed by atoms with E-state index in [0.29, 0.717) is 6.42 Å². The van der Waals surface area contributed by atoms with Crippen LogP contribution in [0.1, 0.15) is 51.9 Å². The van der Waals surface area contributed by atoms with Gasteiger partial charge < -0.3 is 0 Å². The van der Waals surface area contributed by atoms with E-state index in [1.54, 1.807) is 0 Å². The molecule has 0 aromatic carbocycles. The van der Waals surface area contributed by atoms with Gasteiger partial charge in [-0.25, -0.2) is 8.78 Å². The standard InChI is InChI=1S/C9H18F2/c1-2-3-4-5-6-7-8-9(10)11/h9H,2-8H2,1H3. The van der Waals surface area contributed by atoms with Gasteiger partial charge in [-0.3, -0.25) is 0 Å². The first-order valence-corrected chi connectivity index (χ1v) is 4.55. The molecule has 2 heteroatoms. The molecule has 0 bridgehead atoms. The van der Waals surface area contributed by atoms with Crippen molar-refractivity contribution >= 4 is 0 Å². The molecule has 0 N–H and O–H groups in total. The van der Waals surface area contributed by atoms with Crippen LogP contribution in [0.3, 0.4) is 0 Å². The van der Waals surface area contributed by atoms with E-state index in [0.717, 1.165) is 12.8 Å². The van der Waals surface area contributed by atoms with Crippen LogP contribution in [0.15, 0.2) is 0 Å². The van der Waals surface area contributed by atoms with Crippen LogP contribution in [-0.2, 0) is 0 Å². The fraction of sp³-hybridized carbons (Fsp3) is 1.00. The summed E-state index contributed by atoms with van der Waals surface area (Å²) in [5.41, 5.74) is 0. The Hall–Kier alpha value is -0.140. The maximum absolute atomic E-state index is 11.6. The predicted molar refractivity (Wildman–Crippen MR) is 44.0 cm³/mol. The van der Waals surface area contributed by atoms with Crippen LogP contribution in [0.25, 0.3) is 0 Å². The average Bonchev–Trinajstić information content (AvgIpc) is 1.96. The van der Waals surface area contributed by atoms with Crippen molar-refractivity contribution in [3.63, 3.8) is 0 Å². The summed E-state index contributed by atoms with van der Waals surface area (Å²) in [4.78, 5) is 0. The first kappa shape index (κ1) is 10.9. The van der Waals surface area contributed by atoms with E-state index in [-0.39, 0.29) is 6.42 Å². The molecule has 0 aliphatic carbocycles. The van der Waals surface area contributed by atoms with E-state index < -0.39 is 6.43 Å². The van der Waals surface area contributed by atoms with Gasteiger partial charge in [0.25, 0.3) is 0 Å². The number of halogens is 2. The van der Waals surface area contributed by atoms with Crippen LogP contribution in [0.4, 0.5) is 8.78 Å². The highest BCUT2D eigenvalue weighted by molar-refractivity contribution is 4.45. The normalized spacial score (nSPS) is 10.9. The van der Waals surface area contributed by atoms with Crippen LogP contribution >= 0.6 is 0 Å². The molecule has 11 heavy (non-hydrogen) atoms. The van der Waals surface area contributed by atoms with Gasteiger partial charge >= 0.3 is 0 Å². The lowest BCUT2D eigenvalue weighted by atomic mass is 10.1. The fourth-order valence-electron chi connectivity index (χ4n) is 1.08. The highest BCUT2D eigenvalue weighted by Crippen LogP contribution is 2.10. The Bertz CT molecular complexity index is 72.0. The molecule has 0 aromatic heterocycles. The Morgan fingerprint density at radius 3 is 2.00 bits per heavy atom. The van der Waals surface area contributed by atoms with Gasteiger partial charge in [0, 0.05) is 6.42 Å². The topological polar surface area (TPSA) is 0 Å². The van der Waals surface area contributed by atoms with Crippen molar-refractivity contribution < 1.29 is 8.78 Å². The van der Waals surface area contributed by atoms with Gasteiger partial charge in [-0.2, -0.15) is 0 Å². The zero-order valence-electron chi connectivity index (χ0n) is 7.28. The SMILES string of the molecule is CCCCCCCCC(F)F. The minimum atomic E-state index is -2.10. The molecule has 0 unspecified atom stereocenters. The number of hydrogen-bond donors (Lipinski definition) is 0. The first-order chi connectivity index (χ1) is 5.27. The van der Waals surface area contributed by atoms with Gasteiger partial charge in [0.05, 0.1) is 0 Å². The lowest BCUT2D eigenvalue weighted by Gasteiger charge is -1.99. The van der Waals surface area contributed by atoms with Gasteiger partial charge in [0.15, 0.2) is 0 Å². The maximum atomic E-state index is 11.6. The van der Waals surface area contributed by atoms with Gasteiger partial charge in [0.1, 0.15) is 0 Å². The van der Waals surface area contributed by atoms with Crippen molar-refractivity contribution in [1.82, 2.24) is 0 Å². The molecular weight excluding hydrogens is 146 g/mol. The molecule has 0 radical (unpaired) electrons. The Kier molecular flexibility index (Phi) is 7.86. The van der Waals surface area contributed by atoms with Crippen molar-refractivity contribution in [2.75, 3.05) is 0 Å². The van der Waals surface area contributed by atoms with E-state index in [9.17, 15) is 8.78 Å². The van der Waals surface area contributed by atoms with Gasteiger partial charge in [-0.15, -0.1) is 0 Å². The molecular formula is C9H18F2. The minimum Gasteiger partial charge on any atom is -0.211 e. The molecule has 0 atom stereocenters. The van der Waals surface area contributed by atoms with E-state index in [1.807, 2.05) is 0 Å². The molecule has 0 saturated heterocycles. The Morgan fingerprint density at radius 1 is 0.909 bits per heavy atom. The largest absolute Gasteiger partial charge is 0.238 e. The van der Waals surface area contributed by atoms with Crippen molar-refractivity contribution in [2.24, 2.45) is 0 Å². The summed E-state index contributed by atoms with van der Waals surface area (Å²) in [6, 6.07) is 0. The average molecular weight is 164 g/mol. The van der Waals surface area contributed by atoms with Crippen LogP contribution in [0.2, 0.25) is 0 Å². The zero-order valence-corrected chi connectivity index (χ0v) is 7.28. The second kappa shape index (κ2) is 7.96. The van der Waals surface area contributed by atoms with Crippen molar-refractivity contribution in [1.29, 1.82) is 0 Å². The van der Waals surface area contributed by atoms with Crippen LogP contribution in [0, 0.1) is 0 Å². The van der Waals surface area contributed by atoms with Crippen LogP contribution in [0.5, 0.6) is 0 Å². The maximum Gasteiger partial charge on any atom is 0.238 e. The molecule has 0 fully saturated rings. The highest BCUT2D eigenvalue weighted by atomic mass is 19.3. The summed E-state index contributed by atoms with van der Waals surface area (Å²) in [6.07, 6.45) is 4.46. The molecule has 68 valence electrons. The lowest BCUT2D eigenvalue weighted by Crippen LogP contribution is -1.89. The van der Waals surface area contributed by atoms with Gasteiger partial charge in [0.2, 0.25) is 6.43 Å². The third-order valence-corrected chi connectivity index (χ3v) is 1.78. The molecule has 0 amide bonds. The van der Waals surface area contributed by atoms with Gasteiger partial charge in [-0.05, 0) is 6.42 Å². The molecule has 0 aliphatic heterocycles. The Labute approximate surface area is 68.0 Å². The molecule has 0 aliphatic rings. The summed E-state index contributed by atoms with van der Waals surface area (Å²) in [6.45, 7) is 2.15. The first-order valence-electron chi connectivity index (χ1n) is 4.55. The van der Waals surface area contributed by atoms with E-state index in [1.165, 1.54) is 19.3 Å². The van der Waals surface area contributed by atoms with Gasteiger partial charge in [-0.1, -0.05) is 39.0 Å². The van der Waals surface area contributed by atoms with E-state index in [4.69, 9.17) is 0 Å². The molecule has 0 saturated carbocycles. The molecule has 0 rings (SSSR count). The number of alkyl halides is 2. The Balaban J connectivity index is 2.80.